The number of amides is 1. The van der Waals surface area contributed by atoms with E-state index in [4.69, 9.17) is 0 Å². The van der Waals surface area contributed by atoms with Gasteiger partial charge in [-0.3, -0.25) is 9.36 Å². The minimum Gasteiger partial charge on any atom is -0.361 e. The summed E-state index contributed by atoms with van der Waals surface area (Å²) in [4.78, 5) is 27.9. The maximum Gasteiger partial charge on any atom is 0.346 e. The van der Waals surface area contributed by atoms with Crippen LogP contribution in [0.15, 0.2) is 35.3 Å². The van der Waals surface area contributed by atoms with Crippen molar-refractivity contribution >= 4 is 16.8 Å². The average Bonchev–Trinajstić information content (AvgIpc) is 3.23. The van der Waals surface area contributed by atoms with Crippen molar-refractivity contribution in [1.82, 2.24) is 24.6 Å². The molecule has 3 aromatic rings. The van der Waals surface area contributed by atoms with Crippen LogP contribution in [0.25, 0.3) is 10.9 Å². The second kappa shape index (κ2) is 8.03. The number of aromatic nitrogens is 4. The molecule has 2 aromatic heterocycles. The molecule has 2 heterocycles. The summed E-state index contributed by atoms with van der Waals surface area (Å²) in [5.41, 5.74) is 1.85. The van der Waals surface area contributed by atoms with E-state index in [0.717, 1.165) is 41.6 Å². The number of rotatable bonds is 8. The van der Waals surface area contributed by atoms with E-state index in [1.54, 1.807) is 4.57 Å². The van der Waals surface area contributed by atoms with Crippen molar-refractivity contribution in [2.75, 3.05) is 0 Å². The number of aryl methyl sites for hydroxylation is 1. The van der Waals surface area contributed by atoms with Crippen LogP contribution in [0.2, 0.25) is 0 Å². The van der Waals surface area contributed by atoms with Gasteiger partial charge in [0.25, 0.3) is 0 Å². The number of unbranched alkanes of at least 4 members (excludes halogenated alkanes) is 1. The molecule has 0 fully saturated rings. The van der Waals surface area contributed by atoms with Gasteiger partial charge in [-0.25, -0.2) is 9.48 Å². The Balaban J connectivity index is 1.67. The van der Waals surface area contributed by atoms with Crippen LogP contribution < -0.4 is 11.0 Å². The van der Waals surface area contributed by atoms with Crippen LogP contribution in [0.4, 0.5) is 0 Å². The minimum absolute atomic E-state index is 0.0614. The third-order valence-corrected chi connectivity index (χ3v) is 4.52. The maximum atomic E-state index is 12.4. The molecule has 2 N–H and O–H groups in total. The lowest BCUT2D eigenvalue weighted by Crippen LogP contribution is -2.33. The predicted octanol–water partition coefficient (Wildman–Crippen LogP) is 2.21. The fourth-order valence-corrected chi connectivity index (χ4v) is 3.12. The van der Waals surface area contributed by atoms with E-state index in [0.29, 0.717) is 13.1 Å². The van der Waals surface area contributed by atoms with E-state index in [1.165, 1.54) is 4.68 Å². The van der Waals surface area contributed by atoms with E-state index in [2.05, 4.69) is 22.3 Å². The number of hydrogen-bond donors (Lipinski definition) is 2. The monoisotopic (exact) mass is 355 g/mol. The van der Waals surface area contributed by atoms with E-state index >= 15 is 0 Å². The van der Waals surface area contributed by atoms with Crippen LogP contribution in [-0.2, 0) is 30.8 Å². The Bertz CT molecular complexity index is 950. The van der Waals surface area contributed by atoms with Gasteiger partial charge in [-0.1, -0.05) is 25.5 Å². The Morgan fingerprint density at radius 1 is 1.27 bits per heavy atom. The molecular formula is C19H25N5O2. The highest BCUT2D eigenvalue weighted by molar-refractivity contribution is 5.83. The van der Waals surface area contributed by atoms with Crippen molar-refractivity contribution in [1.29, 1.82) is 0 Å². The third kappa shape index (κ3) is 3.71. The van der Waals surface area contributed by atoms with E-state index in [-0.39, 0.29) is 18.1 Å². The number of nitrogens with zero attached hydrogens (tertiary/aromatic N) is 3. The summed E-state index contributed by atoms with van der Waals surface area (Å²) in [7, 11) is 0. The fourth-order valence-electron chi connectivity index (χ4n) is 3.12. The first kappa shape index (κ1) is 18.0. The molecule has 26 heavy (non-hydrogen) atoms. The number of H-pyrrole nitrogens is 1. The zero-order valence-corrected chi connectivity index (χ0v) is 15.3. The summed E-state index contributed by atoms with van der Waals surface area (Å²) in [6.07, 6.45) is 4.65. The van der Waals surface area contributed by atoms with Crippen LogP contribution in [-0.4, -0.2) is 25.2 Å². The van der Waals surface area contributed by atoms with Gasteiger partial charge in [0.15, 0.2) is 0 Å². The van der Waals surface area contributed by atoms with Crippen LogP contribution in [0.5, 0.6) is 0 Å². The first-order chi connectivity index (χ1) is 12.6. The molecule has 0 aliphatic heterocycles. The number of nitrogens with one attached hydrogen (secondary N) is 2. The molecule has 0 spiro atoms. The van der Waals surface area contributed by atoms with Gasteiger partial charge in [-0.05, 0) is 31.0 Å². The molecular weight excluding hydrogens is 330 g/mol. The lowest BCUT2D eigenvalue weighted by atomic mass is 10.1. The highest BCUT2D eigenvalue weighted by atomic mass is 16.2. The first-order valence-electron chi connectivity index (χ1n) is 9.12. The molecule has 1 amide bonds. The summed E-state index contributed by atoms with van der Waals surface area (Å²) in [6.45, 7) is 4.94. The van der Waals surface area contributed by atoms with Gasteiger partial charge in [-0.2, -0.15) is 5.10 Å². The first-order valence-corrected chi connectivity index (χ1v) is 9.12. The molecule has 0 aliphatic rings. The van der Waals surface area contributed by atoms with Crippen molar-refractivity contribution in [3.63, 3.8) is 0 Å². The lowest BCUT2D eigenvalue weighted by Gasteiger charge is -2.06. The van der Waals surface area contributed by atoms with Crippen molar-refractivity contribution in [3.05, 3.63) is 52.3 Å². The summed E-state index contributed by atoms with van der Waals surface area (Å²) >= 11 is 0. The van der Waals surface area contributed by atoms with Crippen molar-refractivity contribution in [3.8, 4) is 0 Å². The SMILES string of the molecule is CCCCc1nn(CC(=O)NCc2cccc3[nH]ccc23)c(=O)n1CC. The van der Waals surface area contributed by atoms with Crippen LogP contribution in [0.3, 0.4) is 0 Å². The van der Waals surface area contributed by atoms with Gasteiger partial charge in [0.1, 0.15) is 12.4 Å². The zero-order chi connectivity index (χ0) is 18.5. The molecule has 0 unspecified atom stereocenters. The van der Waals surface area contributed by atoms with Crippen LogP contribution in [0, 0.1) is 0 Å². The summed E-state index contributed by atoms with van der Waals surface area (Å²) in [6, 6.07) is 7.92. The molecule has 1 aromatic carbocycles. The van der Waals surface area contributed by atoms with Gasteiger partial charge in [0, 0.05) is 36.6 Å². The molecule has 7 nitrogen and oxygen atoms in total. The topological polar surface area (TPSA) is 84.7 Å². The van der Waals surface area contributed by atoms with Crippen molar-refractivity contribution in [2.45, 2.75) is 52.7 Å². The number of fused-ring (bicyclic) bond motifs is 1. The molecule has 0 atom stereocenters. The summed E-state index contributed by atoms with van der Waals surface area (Å²) in [5, 5.41) is 8.33. The summed E-state index contributed by atoms with van der Waals surface area (Å²) in [5.74, 6) is 0.534. The Morgan fingerprint density at radius 2 is 2.12 bits per heavy atom. The lowest BCUT2D eigenvalue weighted by molar-refractivity contribution is -0.122. The molecule has 0 aliphatic carbocycles. The molecule has 3 rings (SSSR count). The maximum absolute atomic E-state index is 12.4. The summed E-state index contributed by atoms with van der Waals surface area (Å²) < 4.78 is 2.91. The van der Waals surface area contributed by atoms with Crippen molar-refractivity contribution < 1.29 is 4.79 Å². The van der Waals surface area contributed by atoms with Gasteiger partial charge in [0.2, 0.25) is 5.91 Å². The smallest absolute Gasteiger partial charge is 0.346 e. The average molecular weight is 355 g/mol. The largest absolute Gasteiger partial charge is 0.361 e. The minimum atomic E-state index is -0.221. The standard InChI is InChI=1S/C19H25N5O2/c1-3-5-9-17-22-24(19(26)23(17)4-2)13-18(25)21-12-14-7-6-8-16-15(14)10-11-20-16/h6-8,10-11,20H,3-5,9,12-13H2,1-2H3,(H,21,25). The van der Waals surface area contributed by atoms with Gasteiger partial charge < -0.3 is 10.3 Å². The normalized spacial score (nSPS) is 11.2. The van der Waals surface area contributed by atoms with Crippen LogP contribution >= 0.6 is 0 Å². The Morgan fingerprint density at radius 3 is 2.88 bits per heavy atom. The molecule has 0 bridgehead atoms. The highest BCUT2D eigenvalue weighted by Gasteiger charge is 2.14. The number of benzene rings is 1. The molecule has 0 saturated carbocycles. The van der Waals surface area contributed by atoms with Crippen LogP contribution in [0.1, 0.15) is 38.1 Å². The van der Waals surface area contributed by atoms with E-state index in [9.17, 15) is 9.59 Å². The highest BCUT2D eigenvalue weighted by Crippen LogP contribution is 2.16. The van der Waals surface area contributed by atoms with Gasteiger partial charge in [0.05, 0.1) is 0 Å². The fraction of sp³-hybridized carbons (Fsp3) is 0.421. The predicted molar refractivity (Wildman–Crippen MR) is 101 cm³/mol. The van der Waals surface area contributed by atoms with E-state index < -0.39 is 0 Å². The quantitative estimate of drug-likeness (QED) is 0.650. The molecule has 0 radical (unpaired) electrons. The Hall–Kier alpha value is -2.83. The van der Waals surface area contributed by atoms with E-state index in [1.807, 2.05) is 37.4 Å². The second-order valence-electron chi connectivity index (χ2n) is 6.34. The number of carbonyl (C=O) groups excluding carboxylic acids is 1. The van der Waals surface area contributed by atoms with Gasteiger partial charge >= 0.3 is 5.69 Å². The van der Waals surface area contributed by atoms with Gasteiger partial charge in [-0.15, -0.1) is 0 Å². The Kier molecular flexibility index (Phi) is 5.55. The zero-order valence-electron chi connectivity index (χ0n) is 15.3. The molecule has 7 heteroatoms. The molecule has 0 saturated heterocycles. The Labute approximate surface area is 152 Å². The third-order valence-electron chi connectivity index (χ3n) is 4.52. The number of aromatic amines is 1. The van der Waals surface area contributed by atoms with Crippen molar-refractivity contribution in [2.24, 2.45) is 0 Å². The molecule has 138 valence electrons. The second-order valence-corrected chi connectivity index (χ2v) is 6.34. The number of hydrogen-bond acceptors (Lipinski definition) is 3. The number of carbonyl (C=O) groups is 1.